The molecule has 0 saturated carbocycles. The third-order valence-electron chi connectivity index (χ3n) is 4.35. The first kappa shape index (κ1) is 19.6. The number of hydrogen-bond acceptors (Lipinski definition) is 5. The fourth-order valence-corrected chi connectivity index (χ4v) is 4.24. The molecule has 0 aliphatic carbocycles. The minimum atomic E-state index is -3.29. The number of nitrogens with one attached hydrogen (secondary N) is 1. The van der Waals surface area contributed by atoms with Crippen molar-refractivity contribution in [1.82, 2.24) is 9.97 Å². The fraction of sp³-hybridized carbons (Fsp3) is 0.0476. The molecule has 4 aromatic rings. The van der Waals surface area contributed by atoms with E-state index in [4.69, 9.17) is 23.2 Å². The Labute approximate surface area is 178 Å². The lowest BCUT2D eigenvalue weighted by Gasteiger charge is -2.10. The zero-order chi connectivity index (χ0) is 20.6. The summed E-state index contributed by atoms with van der Waals surface area (Å²) < 4.78 is 23.5. The molecule has 146 valence electrons. The largest absolute Gasteiger partial charge is 0.324 e. The summed E-state index contributed by atoms with van der Waals surface area (Å²) in [7, 11) is -3.29. The Morgan fingerprint density at radius 2 is 1.66 bits per heavy atom. The van der Waals surface area contributed by atoms with Crippen molar-refractivity contribution in [2.45, 2.75) is 4.90 Å². The molecule has 1 aromatic heterocycles. The van der Waals surface area contributed by atoms with Gasteiger partial charge in [0.1, 0.15) is 0 Å². The van der Waals surface area contributed by atoms with Crippen LogP contribution in [0, 0.1) is 0 Å². The molecule has 1 N–H and O–H groups in total. The summed E-state index contributed by atoms with van der Waals surface area (Å²) in [6.45, 7) is 0. The zero-order valence-corrected chi connectivity index (χ0v) is 17.6. The van der Waals surface area contributed by atoms with Gasteiger partial charge in [0, 0.05) is 39.1 Å². The van der Waals surface area contributed by atoms with Gasteiger partial charge in [-0.2, -0.15) is 0 Å². The predicted molar refractivity (Wildman–Crippen MR) is 118 cm³/mol. The summed E-state index contributed by atoms with van der Waals surface area (Å²) >= 11 is 12.6. The Hall–Kier alpha value is -2.67. The normalized spacial score (nSPS) is 11.6. The van der Waals surface area contributed by atoms with E-state index in [1.165, 1.54) is 6.26 Å². The van der Waals surface area contributed by atoms with Gasteiger partial charge in [0.15, 0.2) is 9.84 Å². The van der Waals surface area contributed by atoms with Gasteiger partial charge in [0.25, 0.3) is 0 Å². The van der Waals surface area contributed by atoms with Gasteiger partial charge in [0.05, 0.1) is 10.4 Å². The van der Waals surface area contributed by atoms with Crippen LogP contribution in [0.5, 0.6) is 0 Å². The first-order valence-corrected chi connectivity index (χ1v) is 11.2. The number of fused-ring (bicyclic) bond motifs is 1. The quantitative estimate of drug-likeness (QED) is 0.434. The molecule has 29 heavy (non-hydrogen) atoms. The van der Waals surface area contributed by atoms with Gasteiger partial charge in [-0.25, -0.2) is 18.4 Å². The maximum atomic E-state index is 11.7. The molecule has 0 bridgehead atoms. The van der Waals surface area contributed by atoms with Crippen molar-refractivity contribution in [2.24, 2.45) is 0 Å². The second kappa shape index (κ2) is 7.63. The molecule has 4 rings (SSSR count). The van der Waals surface area contributed by atoms with Crippen LogP contribution in [0.2, 0.25) is 10.0 Å². The van der Waals surface area contributed by atoms with Crippen molar-refractivity contribution in [2.75, 3.05) is 11.6 Å². The average molecular weight is 444 g/mol. The maximum Gasteiger partial charge on any atom is 0.227 e. The minimum Gasteiger partial charge on any atom is -0.324 e. The highest BCUT2D eigenvalue weighted by Crippen LogP contribution is 2.35. The second-order valence-electron chi connectivity index (χ2n) is 6.49. The van der Waals surface area contributed by atoms with Gasteiger partial charge in [-0.3, -0.25) is 0 Å². The topological polar surface area (TPSA) is 72.0 Å². The van der Waals surface area contributed by atoms with E-state index in [9.17, 15) is 8.42 Å². The van der Waals surface area contributed by atoms with Crippen molar-refractivity contribution < 1.29 is 8.42 Å². The number of nitrogens with zero attached hydrogens (tertiary/aromatic N) is 2. The van der Waals surface area contributed by atoms with Crippen molar-refractivity contribution in [3.63, 3.8) is 0 Å². The van der Waals surface area contributed by atoms with Gasteiger partial charge in [-0.15, -0.1) is 0 Å². The van der Waals surface area contributed by atoms with Crippen LogP contribution in [-0.2, 0) is 9.84 Å². The van der Waals surface area contributed by atoms with Crippen molar-refractivity contribution in [3.05, 3.63) is 76.9 Å². The number of halogens is 2. The molecule has 5 nitrogen and oxygen atoms in total. The number of anilines is 2. The van der Waals surface area contributed by atoms with Crippen molar-refractivity contribution >= 4 is 55.6 Å². The van der Waals surface area contributed by atoms with E-state index in [-0.39, 0.29) is 4.90 Å². The molecule has 0 radical (unpaired) electrons. The van der Waals surface area contributed by atoms with E-state index in [0.717, 1.165) is 22.0 Å². The summed E-state index contributed by atoms with van der Waals surface area (Å²) in [6, 6.07) is 17.6. The third-order valence-corrected chi connectivity index (χ3v) is 6.09. The van der Waals surface area contributed by atoms with Gasteiger partial charge < -0.3 is 5.32 Å². The van der Waals surface area contributed by atoms with Crippen LogP contribution in [0.15, 0.2) is 71.8 Å². The number of benzene rings is 3. The number of rotatable bonds is 4. The third kappa shape index (κ3) is 4.19. The summed E-state index contributed by atoms with van der Waals surface area (Å²) in [5.74, 6) is 0.367. The molecule has 0 fully saturated rings. The molecule has 1 heterocycles. The number of aromatic nitrogens is 2. The Kier molecular flexibility index (Phi) is 5.17. The number of sulfone groups is 1. The predicted octanol–water partition coefficient (Wildman–Crippen LogP) is 5.75. The highest BCUT2D eigenvalue weighted by Gasteiger charge is 2.11. The first-order chi connectivity index (χ1) is 13.8. The van der Waals surface area contributed by atoms with E-state index < -0.39 is 9.84 Å². The Bertz CT molecular complexity index is 1320. The van der Waals surface area contributed by atoms with E-state index in [1.54, 1.807) is 48.7 Å². The number of hydrogen-bond donors (Lipinski definition) is 1. The van der Waals surface area contributed by atoms with Gasteiger partial charge >= 0.3 is 0 Å². The molecule has 0 atom stereocenters. The molecule has 8 heteroatoms. The van der Waals surface area contributed by atoms with Crippen LogP contribution in [-0.4, -0.2) is 24.6 Å². The Morgan fingerprint density at radius 3 is 2.38 bits per heavy atom. The van der Waals surface area contributed by atoms with Gasteiger partial charge in [-0.05, 0) is 48.0 Å². The second-order valence-corrected chi connectivity index (χ2v) is 9.32. The average Bonchev–Trinajstić information content (AvgIpc) is 2.67. The SMILES string of the molecule is CS(=O)(=O)c1cccc(Nc2ncc3cc(-c4c(Cl)cccc4Cl)ccc3n2)c1. The smallest absolute Gasteiger partial charge is 0.227 e. The van der Waals surface area contributed by atoms with E-state index in [2.05, 4.69) is 15.3 Å². The maximum absolute atomic E-state index is 11.7. The van der Waals surface area contributed by atoms with Crippen LogP contribution < -0.4 is 5.32 Å². The lowest BCUT2D eigenvalue weighted by Crippen LogP contribution is -2.00. The molecule has 0 aliphatic heterocycles. The molecule has 0 spiro atoms. The fourth-order valence-electron chi connectivity index (χ4n) is 2.96. The van der Waals surface area contributed by atoms with Crippen molar-refractivity contribution in [3.8, 4) is 11.1 Å². The van der Waals surface area contributed by atoms with E-state index >= 15 is 0 Å². The molecule has 0 amide bonds. The molecule has 0 unspecified atom stereocenters. The minimum absolute atomic E-state index is 0.226. The molecule has 3 aromatic carbocycles. The summed E-state index contributed by atoms with van der Waals surface area (Å²) in [5, 5.41) is 5.01. The highest BCUT2D eigenvalue weighted by molar-refractivity contribution is 7.90. The highest BCUT2D eigenvalue weighted by atomic mass is 35.5. The van der Waals surface area contributed by atoms with Crippen LogP contribution in [0.1, 0.15) is 0 Å². The monoisotopic (exact) mass is 443 g/mol. The molecular weight excluding hydrogens is 429 g/mol. The van der Waals surface area contributed by atoms with E-state index in [0.29, 0.717) is 21.7 Å². The van der Waals surface area contributed by atoms with Gasteiger partial charge in [-0.1, -0.05) is 41.4 Å². The molecular formula is C21H15Cl2N3O2S. The van der Waals surface area contributed by atoms with E-state index in [1.807, 2.05) is 18.2 Å². The first-order valence-electron chi connectivity index (χ1n) is 8.59. The van der Waals surface area contributed by atoms with Gasteiger partial charge in [0.2, 0.25) is 5.95 Å². The van der Waals surface area contributed by atoms with Crippen LogP contribution in [0.25, 0.3) is 22.0 Å². The zero-order valence-electron chi connectivity index (χ0n) is 15.2. The van der Waals surface area contributed by atoms with Crippen LogP contribution in [0.4, 0.5) is 11.6 Å². The van der Waals surface area contributed by atoms with Crippen LogP contribution in [0.3, 0.4) is 0 Å². The van der Waals surface area contributed by atoms with Crippen LogP contribution >= 0.6 is 23.2 Å². The summed E-state index contributed by atoms with van der Waals surface area (Å²) in [5.41, 5.74) is 2.95. The molecule has 0 saturated heterocycles. The summed E-state index contributed by atoms with van der Waals surface area (Å²) in [4.78, 5) is 9.07. The standard InChI is InChI=1S/C21H15Cl2N3O2S/c1-29(27,28)16-5-2-4-15(11-16)25-21-24-12-14-10-13(8-9-19(14)26-21)20-17(22)6-3-7-18(20)23/h2-12H,1H3,(H,24,25,26). The molecule has 0 aliphatic rings. The lowest BCUT2D eigenvalue weighted by molar-refractivity contribution is 0.602. The lowest BCUT2D eigenvalue weighted by atomic mass is 10.0. The Balaban J connectivity index is 1.68. The van der Waals surface area contributed by atoms with Crippen molar-refractivity contribution in [1.29, 1.82) is 0 Å². The Morgan fingerprint density at radius 1 is 0.931 bits per heavy atom. The summed E-state index contributed by atoms with van der Waals surface area (Å²) in [6.07, 6.45) is 2.86.